The highest BCUT2D eigenvalue weighted by Gasteiger charge is 2.33. The van der Waals surface area contributed by atoms with Crippen molar-refractivity contribution in [1.82, 2.24) is 16.0 Å². The summed E-state index contributed by atoms with van der Waals surface area (Å²) in [6.07, 6.45) is 1.41. The average molecular weight is 527 g/mol. The van der Waals surface area contributed by atoms with E-state index in [2.05, 4.69) is 16.0 Å². The van der Waals surface area contributed by atoms with Crippen molar-refractivity contribution in [2.75, 3.05) is 12.0 Å². The molecule has 3 amide bonds. The Morgan fingerprint density at radius 3 is 2.06 bits per heavy atom. The van der Waals surface area contributed by atoms with Crippen LogP contribution in [0.5, 0.6) is 5.75 Å². The SMILES string of the molecule is CCC(C)C(NC(=O)C(Cc1ccc(O)cc1)NC(=O)C(NC(=O)C(N)CCSC)C(C)O)C(=O)O. The molecule has 12 heteroatoms. The van der Waals surface area contributed by atoms with Gasteiger partial charge in [0, 0.05) is 6.42 Å². The Morgan fingerprint density at radius 1 is 0.972 bits per heavy atom. The van der Waals surface area contributed by atoms with E-state index in [1.54, 1.807) is 26.0 Å². The van der Waals surface area contributed by atoms with Crippen molar-refractivity contribution >= 4 is 35.5 Å². The monoisotopic (exact) mass is 526 g/mol. The molecule has 1 aromatic carbocycles. The van der Waals surface area contributed by atoms with Gasteiger partial charge in [0.25, 0.3) is 0 Å². The predicted octanol–water partition coefficient (Wildman–Crippen LogP) is -0.0190. The fourth-order valence-corrected chi connectivity index (χ4v) is 3.81. The number of thioether (sulfide) groups is 1. The lowest BCUT2D eigenvalue weighted by Gasteiger charge is -2.27. The molecule has 0 spiro atoms. The number of carboxylic acids is 1. The van der Waals surface area contributed by atoms with Gasteiger partial charge in [-0.3, -0.25) is 14.4 Å². The quantitative estimate of drug-likeness (QED) is 0.165. The minimum absolute atomic E-state index is 0.0150. The number of aliphatic hydroxyl groups excluding tert-OH is 1. The smallest absolute Gasteiger partial charge is 0.326 e. The number of hydrogen-bond acceptors (Lipinski definition) is 8. The van der Waals surface area contributed by atoms with E-state index in [1.165, 1.54) is 30.8 Å². The third-order valence-electron chi connectivity index (χ3n) is 5.82. The van der Waals surface area contributed by atoms with Crippen molar-refractivity contribution in [3.05, 3.63) is 29.8 Å². The first-order valence-corrected chi connectivity index (χ1v) is 13.1. The third kappa shape index (κ3) is 10.0. The lowest BCUT2D eigenvalue weighted by atomic mass is 9.98. The molecule has 1 rings (SSSR count). The normalized spacial score (nSPS) is 16.1. The molecule has 0 saturated heterocycles. The van der Waals surface area contributed by atoms with E-state index in [1.807, 2.05) is 6.26 Å². The van der Waals surface area contributed by atoms with Crippen molar-refractivity contribution in [2.24, 2.45) is 11.7 Å². The number of carboxylic acid groups (broad SMARTS) is 1. The Bertz CT molecular complexity index is 882. The number of amides is 3. The van der Waals surface area contributed by atoms with E-state index < -0.39 is 54.0 Å². The number of carbonyl (C=O) groups is 4. The molecule has 1 aromatic rings. The van der Waals surface area contributed by atoms with Gasteiger partial charge in [0.2, 0.25) is 17.7 Å². The van der Waals surface area contributed by atoms with Gasteiger partial charge in [-0.1, -0.05) is 32.4 Å². The van der Waals surface area contributed by atoms with Crippen LogP contribution in [0.15, 0.2) is 24.3 Å². The summed E-state index contributed by atoms with van der Waals surface area (Å²) in [6.45, 7) is 4.80. The summed E-state index contributed by atoms with van der Waals surface area (Å²) < 4.78 is 0. The standard InChI is InChI=1S/C24H38N4O7S/c1-5-13(2)19(24(34)35)27-22(32)18(12-15-6-8-16(30)9-7-15)26-23(33)20(14(3)29)28-21(31)17(25)10-11-36-4/h6-9,13-14,17-20,29-30H,5,10-12,25H2,1-4H3,(H,26,33)(H,27,32)(H,28,31)(H,34,35). The second-order valence-corrected chi connectivity index (χ2v) is 9.74. The number of nitrogens with one attached hydrogen (secondary N) is 3. The summed E-state index contributed by atoms with van der Waals surface area (Å²) in [7, 11) is 0. The van der Waals surface area contributed by atoms with E-state index in [0.29, 0.717) is 24.2 Å². The lowest BCUT2D eigenvalue weighted by molar-refractivity contribution is -0.144. The number of phenolic OH excluding ortho intramolecular Hbond substituents is 1. The molecule has 0 radical (unpaired) electrons. The van der Waals surface area contributed by atoms with Gasteiger partial charge in [-0.05, 0) is 49.0 Å². The van der Waals surface area contributed by atoms with Gasteiger partial charge in [0.05, 0.1) is 12.1 Å². The fraction of sp³-hybridized carbons (Fsp3) is 0.583. The van der Waals surface area contributed by atoms with Crippen LogP contribution in [0.2, 0.25) is 0 Å². The highest BCUT2D eigenvalue weighted by atomic mass is 32.2. The van der Waals surface area contributed by atoms with Crippen LogP contribution in [-0.4, -0.2) is 81.3 Å². The van der Waals surface area contributed by atoms with E-state index in [0.717, 1.165) is 0 Å². The molecule has 202 valence electrons. The first-order valence-electron chi connectivity index (χ1n) is 11.8. The Balaban J connectivity index is 3.13. The minimum Gasteiger partial charge on any atom is -0.508 e. The maximum absolute atomic E-state index is 13.1. The van der Waals surface area contributed by atoms with Crippen LogP contribution in [0.25, 0.3) is 0 Å². The average Bonchev–Trinajstić information content (AvgIpc) is 2.83. The number of aliphatic carboxylic acids is 1. The maximum atomic E-state index is 13.1. The maximum Gasteiger partial charge on any atom is 0.326 e. The number of rotatable bonds is 15. The number of nitrogens with two attached hydrogens (primary N) is 1. The number of aromatic hydroxyl groups is 1. The van der Waals surface area contributed by atoms with Gasteiger partial charge in [-0.15, -0.1) is 0 Å². The van der Waals surface area contributed by atoms with E-state index in [9.17, 15) is 34.5 Å². The Hall–Kier alpha value is -2.83. The number of phenols is 1. The molecule has 0 fully saturated rings. The lowest BCUT2D eigenvalue weighted by Crippen LogP contribution is -2.60. The van der Waals surface area contributed by atoms with E-state index >= 15 is 0 Å². The highest BCUT2D eigenvalue weighted by Crippen LogP contribution is 2.13. The molecular formula is C24H38N4O7S. The van der Waals surface area contributed by atoms with Crippen molar-refractivity contribution < 1.29 is 34.5 Å². The van der Waals surface area contributed by atoms with Crippen LogP contribution in [0.4, 0.5) is 0 Å². The zero-order chi connectivity index (χ0) is 27.4. The van der Waals surface area contributed by atoms with Gasteiger partial charge in [-0.25, -0.2) is 4.79 Å². The van der Waals surface area contributed by atoms with Crippen LogP contribution < -0.4 is 21.7 Å². The topological polar surface area (TPSA) is 191 Å². The van der Waals surface area contributed by atoms with Gasteiger partial charge in [0.1, 0.15) is 23.9 Å². The zero-order valence-corrected chi connectivity index (χ0v) is 21.9. The molecule has 8 N–H and O–H groups in total. The molecule has 0 aliphatic rings. The van der Waals surface area contributed by atoms with Crippen molar-refractivity contribution in [3.63, 3.8) is 0 Å². The summed E-state index contributed by atoms with van der Waals surface area (Å²) in [5.41, 5.74) is 6.45. The summed E-state index contributed by atoms with van der Waals surface area (Å²) in [5.74, 6) is -3.12. The Morgan fingerprint density at radius 2 is 1.56 bits per heavy atom. The fourth-order valence-electron chi connectivity index (χ4n) is 3.32. The number of aliphatic hydroxyl groups is 1. The van der Waals surface area contributed by atoms with Crippen LogP contribution in [-0.2, 0) is 25.6 Å². The second-order valence-electron chi connectivity index (χ2n) is 8.76. The summed E-state index contributed by atoms with van der Waals surface area (Å²) >= 11 is 1.51. The molecule has 0 aromatic heterocycles. The molecule has 0 bridgehead atoms. The van der Waals surface area contributed by atoms with Gasteiger partial charge < -0.3 is 37.0 Å². The molecule has 36 heavy (non-hydrogen) atoms. The summed E-state index contributed by atoms with van der Waals surface area (Å²) in [4.78, 5) is 50.3. The van der Waals surface area contributed by atoms with Gasteiger partial charge in [-0.2, -0.15) is 11.8 Å². The Kier molecular flexibility index (Phi) is 13.3. The number of benzene rings is 1. The first-order chi connectivity index (χ1) is 16.9. The molecular weight excluding hydrogens is 488 g/mol. The molecule has 6 atom stereocenters. The minimum atomic E-state index is -1.39. The van der Waals surface area contributed by atoms with Crippen LogP contribution in [0.3, 0.4) is 0 Å². The Labute approximate surface area is 215 Å². The molecule has 0 heterocycles. The largest absolute Gasteiger partial charge is 0.508 e. The van der Waals surface area contributed by atoms with Crippen LogP contribution in [0.1, 0.15) is 39.2 Å². The first kappa shape index (κ1) is 31.2. The van der Waals surface area contributed by atoms with Crippen LogP contribution in [0, 0.1) is 5.92 Å². The molecule has 0 saturated carbocycles. The highest BCUT2D eigenvalue weighted by molar-refractivity contribution is 7.98. The third-order valence-corrected chi connectivity index (χ3v) is 6.46. The van der Waals surface area contributed by atoms with E-state index in [4.69, 9.17) is 5.73 Å². The number of carbonyl (C=O) groups excluding carboxylic acids is 3. The van der Waals surface area contributed by atoms with E-state index in [-0.39, 0.29) is 18.1 Å². The molecule has 0 aliphatic heterocycles. The van der Waals surface area contributed by atoms with Crippen molar-refractivity contribution in [2.45, 2.75) is 70.3 Å². The second kappa shape index (κ2) is 15.3. The zero-order valence-electron chi connectivity index (χ0n) is 21.1. The van der Waals surface area contributed by atoms with Gasteiger partial charge in [0.15, 0.2) is 0 Å². The van der Waals surface area contributed by atoms with Crippen molar-refractivity contribution in [1.29, 1.82) is 0 Å². The summed E-state index contributed by atoms with van der Waals surface area (Å²) in [6, 6.07) is 1.28. The molecule has 6 unspecified atom stereocenters. The number of hydrogen-bond donors (Lipinski definition) is 7. The van der Waals surface area contributed by atoms with Crippen LogP contribution >= 0.6 is 11.8 Å². The van der Waals surface area contributed by atoms with Gasteiger partial charge >= 0.3 is 5.97 Å². The predicted molar refractivity (Wildman–Crippen MR) is 137 cm³/mol. The molecule has 0 aliphatic carbocycles. The summed E-state index contributed by atoms with van der Waals surface area (Å²) in [5, 5.41) is 36.7. The molecule has 11 nitrogen and oxygen atoms in total. The van der Waals surface area contributed by atoms with Crippen molar-refractivity contribution in [3.8, 4) is 5.75 Å².